The second kappa shape index (κ2) is 17.9. The van der Waals surface area contributed by atoms with Gasteiger partial charge >= 0.3 is 0 Å². The van der Waals surface area contributed by atoms with E-state index in [1.54, 1.807) is 36.4 Å². The number of halogens is 4. The maximum Gasteiger partial charge on any atom is 0.224 e. The van der Waals surface area contributed by atoms with Gasteiger partial charge in [-0.3, -0.25) is 9.59 Å². The van der Waals surface area contributed by atoms with Crippen molar-refractivity contribution in [3.63, 3.8) is 0 Å². The highest BCUT2D eigenvalue weighted by molar-refractivity contribution is 6.35. The van der Waals surface area contributed by atoms with Crippen molar-refractivity contribution in [1.82, 2.24) is 15.1 Å². The average molecular weight is 689 g/mol. The van der Waals surface area contributed by atoms with Crippen LogP contribution >= 0.6 is 46.4 Å². The molecule has 1 fully saturated rings. The van der Waals surface area contributed by atoms with E-state index in [-0.39, 0.29) is 36.7 Å². The van der Waals surface area contributed by atoms with E-state index in [2.05, 4.69) is 19.2 Å². The van der Waals surface area contributed by atoms with Gasteiger partial charge in [0.05, 0.1) is 0 Å². The van der Waals surface area contributed by atoms with Crippen LogP contribution in [-0.4, -0.2) is 66.4 Å². The molecule has 1 heterocycles. The van der Waals surface area contributed by atoms with Crippen LogP contribution in [0.4, 0.5) is 0 Å². The number of nitrogens with zero attached hydrogens (tertiary/aromatic N) is 2. The van der Waals surface area contributed by atoms with E-state index >= 15 is 0 Å². The normalized spacial score (nSPS) is 18.5. The molecule has 1 saturated heterocycles. The summed E-state index contributed by atoms with van der Waals surface area (Å²) in [6.45, 7) is 7.27. The fourth-order valence-electron chi connectivity index (χ4n) is 5.85. The number of piperazine rings is 1. The minimum absolute atomic E-state index is 0.0551. The predicted octanol–water partition coefficient (Wildman–Crippen LogP) is 5.95. The zero-order valence-corrected chi connectivity index (χ0v) is 28.6. The van der Waals surface area contributed by atoms with Crippen LogP contribution in [0.3, 0.4) is 0 Å². The summed E-state index contributed by atoms with van der Waals surface area (Å²) in [6.07, 6.45) is 3.51. The van der Waals surface area contributed by atoms with E-state index in [9.17, 15) is 9.59 Å². The summed E-state index contributed by atoms with van der Waals surface area (Å²) >= 11 is 24.9. The standard InChI is InChI=1S/C32H46Cl4N6O2/c1-20(2)13-24-19-41(31(43)16-29(38)25-8-6-21(33)14-27(25)35)23(5-3-4-11-40-12-10-37)18-42(24)32(44)17-30(39)26-9-7-22(34)15-28(26)36/h6-9,14-15,20,23-24,29-30,40H,3-5,10-13,16-19,37-39H2,1-2H3/t23-,24+,29?,30?/m0/s1. The SMILES string of the molecule is CC(C)C[C@@H]1CN(C(=O)CC(N)c2ccc(Cl)cc2Cl)[C@@H](CCCCNCCN)CN1C(=O)CC(N)c1ccc(Cl)cc1Cl. The lowest BCUT2D eigenvalue weighted by molar-refractivity contribution is -0.148. The van der Waals surface area contributed by atoms with Gasteiger partial charge in [-0.2, -0.15) is 0 Å². The maximum atomic E-state index is 13.9. The largest absolute Gasteiger partial charge is 0.336 e. The third kappa shape index (κ3) is 10.7. The summed E-state index contributed by atoms with van der Waals surface area (Å²) in [7, 11) is 0. The lowest BCUT2D eigenvalue weighted by Gasteiger charge is -2.47. The van der Waals surface area contributed by atoms with Gasteiger partial charge in [0.1, 0.15) is 0 Å². The van der Waals surface area contributed by atoms with E-state index in [1.165, 1.54) is 0 Å². The Hall–Kier alpha value is -1.62. The Balaban J connectivity index is 1.81. The summed E-state index contributed by atoms with van der Waals surface area (Å²) in [6, 6.07) is 8.76. The molecule has 2 aromatic rings. The molecule has 244 valence electrons. The minimum Gasteiger partial charge on any atom is -0.336 e. The highest BCUT2D eigenvalue weighted by Gasteiger charge is 2.39. The van der Waals surface area contributed by atoms with Crippen molar-refractivity contribution in [2.75, 3.05) is 32.7 Å². The molecule has 0 aliphatic carbocycles. The van der Waals surface area contributed by atoms with Gasteiger partial charge in [-0.15, -0.1) is 0 Å². The first-order valence-corrected chi connectivity index (χ1v) is 16.8. The Kier molecular flexibility index (Phi) is 15.0. The Morgan fingerprint density at radius 2 is 1.32 bits per heavy atom. The van der Waals surface area contributed by atoms with Crippen molar-refractivity contribution in [3.8, 4) is 0 Å². The lowest BCUT2D eigenvalue weighted by Crippen LogP contribution is -2.61. The molecule has 2 aromatic carbocycles. The predicted molar refractivity (Wildman–Crippen MR) is 182 cm³/mol. The van der Waals surface area contributed by atoms with E-state index < -0.39 is 12.1 Å². The number of nitrogens with one attached hydrogen (secondary N) is 1. The number of nitrogens with two attached hydrogens (primary N) is 3. The van der Waals surface area contributed by atoms with Crippen molar-refractivity contribution < 1.29 is 9.59 Å². The molecule has 2 amide bonds. The molecule has 0 spiro atoms. The highest BCUT2D eigenvalue weighted by atomic mass is 35.5. The summed E-state index contributed by atoms with van der Waals surface area (Å²) in [4.78, 5) is 31.6. The van der Waals surface area contributed by atoms with E-state index in [0.29, 0.717) is 56.8 Å². The second-order valence-corrected chi connectivity index (χ2v) is 13.7. The zero-order valence-electron chi connectivity index (χ0n) is 25.6. The molecule has 44 heavy (non-hydrogen) atoms. The third-order valence-electron chi connectivity index (χ3n) is 8.06. The van der Waals surface area contributed by atoms with Gasteiger partial charge in [-0.25, -0.2) is 0 Å². The van der Waals surface area contributed by atoms with Gasteiger partial charge in [0.2, 0.25) is 11.8 Å². The quantitative estimate of drug-likeness (QED) is 0.171. The zero-order chi connectivity index (χ0) is 32.4. The van der Waals surface area contributed by atoms with Crippen molar-refractivity contribution in [3.05, 3.63) is 67.6 Å². The lowest BCUT2D eigenvalue weighted by atomic mass is 9.93. The van der Waals surface area contributed by atoms with Gasteiger partial charge in [0.25, 0.3) is 0 Å². The fourth-order valence-corrected chi connectivity index (χ4v) is 6.94. The van der Waals surface area contributed by atoms with E-state index in [1.807, 2.05) is 9.80 Å². The van der Waals surface area contributed by atoms with Crippen LogP contribution < -0.4 is 22.5 Å². The van der Waals surface area contributed by atoms with Crippen molar-refractivity contribution >= 4 is 58.2 Å². The molecule has 2 unspecified atom stereocenters. The fraction of sp³-hybridized carbons (Fsp3) is 0.562. The van der Waals surface area contributed by atoms with Crippen LogP contribution in [0, 0.1) is 5.92 Å². The van der Waals surface area contributed by atoms with E-state index in [0.717, 1.165) is 38.8 Å². The molecule has 12 heteroatoms. The Bertz CT molecular complexity index is 1250. The molecule has 0 aromatic heterocycles. The Morgan fingerprint density at radius 3 is 1.80 bits per heavy atom. The minimum atomic E-state index is -0.585. The first-order chi connectivity index (χ1) is 20.9. The number of carbonyl (C=O) groups excluding carboxylic acids is 2. The molecule has 0 bridgehead atoms. The first kappa shape index (κ1) is 36.8. The number of amides is 2. The van der Waals surface area contributed by atoms with Gasteiger partial charge in [-0.1, -0.05) is 78.8 Å². The Labute approximate surface area is 281 Å². The molecule has 0 saturated carbocycles. The molecule has 8 nitrogen and oxygen atoms in total. The summed E-state index contributed by atoms with van der Waals surface area (Å²) in [5.41, 5.74) is 19.9. The third-order valence-corrected chi connectivity index (χ3v) is 9.18. The molecule has 3 rings (SSSR count). The van der Waals surface area contributed by atoms with Gasteiger partial charge in [0, 0.05) is 83.3 Å². The molecule has 1 aliphatic heterocycles. The number of carbonyl (C=O) groups is 2. The monoisotopic (exact) mass is 686 g/mol. The van der Waals surface area contributed by atoms with Crippen molar-refractivity contribution in [2.24, 2.45) is 23.1 Å². The number of hydrogen-bond donors (Lipinski definition) is 4. The molecular formula is C32H46Cl4N6O2. The van der Waals surface area contributed by atoms with Crippen LogP contribution in [0.25, 0.3) is 0 Å². The summed E-state index contributed by atoms with van der Waals surface area (Å²) in [5.74, 6) is 0.202. The summed E-state index contributed by atoms with van der Waals surface area (Å²) < 4.78 is 0. The maximum absolute atomic E-state index is 13.9. The topological polar surface area (TPSA) is 131 Å². The molecule has 7 N–H and O–H groups in total. The van der Waals surface area contributed by atoms with Crippen molar-refractivity contribution in [1.29, 1.82) is 0 Å². The van der Waals surface area contributed by atoms with E-state index in [4.69, 9.17) is 63.6 Å². The number of rotatable bonds is 15. The van der Waals surface area contributed by atoms with Crippen molar-refractivity contribution in [2.45, 2.75) is 76.5 Å². The Morgan fingerprint density at radius 1 is 0.818 bits per heavy atom. The van der Waals surface area contributed by atoms with Crippen LogP contribution in [0.1, 0.15) is 75.6 Å². The van der Waals surface area contributed by atoms with Crippen LogP contribution in [0.2, 0.25) is 20.1 Å². The molecular weight excluding hydrogens is 642 g/mol. The summed E-state index contributed by atoms with van der Waals surface area (Å²) in [5, 5.41) is 5.21. The smallest absolute Gasteiger partial charge is 0.224 e. The average Bonchev–Trinajstić information content (AvgIpc) is 2.94. The first-order valence-electron chi connectivity index (χ1n) is 15.3. The molecule has 4 atom stereocenters. The van der Waals surface area contributed by atoms with Gasteiger partial charge < -0.3 is 32.3 Å². The van der Waals surface area contributed by atoms with Gasteiger partial charge in [-0.05, 0) is 67.1 Å². The number of benzene rings is 2. The molecule has 1 aliphatic rings. The van der Waals surface area contributed by atoms with Crippen LogP contribution in [-0.2, 0) is 9.59 Å². The highest BCUT2D eigenvalue weighted by Crippen LogP contribution is 2.32. The molecule has 0 radical (unpaired) electrons. The van der Waals surface area contributed by atoms with Crippen LogP contribution in [0.15, 0.2) is 36.4 Å². The van der Waals surface area contributed by atoms with Gasteiger partial charge in [0.15, 0.2) is 0 Å². The number of unbranched alkanes of at least 4 members (excludes halogenated alkanes) is 1. The number of hydrogen-bond acceptors (Lipinski definition) is 6. The van der Waals surface area contributed by atoms with Crippen LogP contribution in [0.5, 0.6) is 0 Å². The second-order valence-electron chi connectivity index (χ2n) is 12.0.